The highest BCUT2D eigenvalue weighted by molar-refractivity contribution is 6.22. The van der Waals surface area contributed by atoms with E-state index in [0.717, 1.165) is 12.8 Å². The van der Waals surface area contributed by atoms with Gasteiger partial charge >= 0.3 is 0 Å². The summed E-state index contributed by atoms with van der Waals surface area (Å²) in [5.74, 6) is 0. The average molecular weight is 151 g/mol. The summed E-state index contributed by atoms with van der Waals surface area (Å²) >= 11 is 5.65. The van der Waals surface area contributed by atoms with Crippen molar-refractivity contribution < 1.29 is 5.11 Å². The lowest BCUT2D eigenvalue weighted by Crippen LogP contribution is -2.18. The molecule has 0 aliphatic heterocycles. The van der Waals surface area contributed by atoms with Crippen LogP contribution in [0.5, 0.6) is 0 Å². The highest BCUT2D eigenvalue weighted by atomic mass is 35.5. The van der Waals surface area contributed by atoms with Crippen molar-refractivity contribution in [2.75, 3.05) is 0 Å². The van der Waals surface area contributed by atoms with E-state index in [0.29, 0.717) is 12.8 Å². The van der Waals surface area contributed by atoms with E-state index >= 15 is 0 Å². The lowest BCUT2D eigenvalue weighted by molar-refractivity contribution is 0.112. The van der Waals surface area contributed by atoms with Gasteiger partial charge < -0.3 is 5.11 Å². The van der Waals surface area contributed by atoms with Gasteiger partial charge in [-0.05, 0) is 19.3 Å². The molecule has 0 radical (unpaired) electrons. The maximum absolute atomic E-state index is 9.22. The second-order valence-corrected chi connectivity index (χ2v) is 3.08. The molecule has 0 aliphatic carbocycles. The number of alkyl halides is 1. The van der Waals surface area contributed by atoms with Gasteiger partial charge in [-0.2, -0.15) is 0 Å². The highest BCUT2D eigenvalue weighted by Crippen LogP contribution is 2.22. The van der Waals surface area contributed by atoms with Crippen LogP contribution in [0.25, 0.3) is 0 Å². The van der Waals surface area contributed by atoms with Gasteiger partial charge in [-0.25, -0.2) is 0 Å². The van der Waals surface area contributed by atoms with E-state index in [1.807, 2.05) is 6.92 Å². The van der Waals surface area contributed by atoms with E-state index < -0.39 is 5.06 Å². The van der Waals surface area contributed by atoms with Crippen molar-refractivity contribution >= 4 is 11.6 Å². The predicted molar refractivity (Wildman–Crippen MR) is 40.6 cm³/mol. The molecule has 56 valence electrons. The summed E-state index contributed by atoms with van der Waals surface area (Å²) < 4.78 is 0. The van der Waals surface area contributed by atoms with Crippen molar-refractivity contribution in [1.82, 2.24) is 0 Å². The third-order valence-corrected chi connectivity index (χ3v) is 1.91. The lowest BCUT2D eigenvalue weighted by atomic mass is 10.1. The molecule has 1 nitrogen and oxygen atoms in total. The van der Waals surface area contributed by atoms with Crippen molar-refractivity contribution in [3.63, 3.8) is 0 Å². The van der Waals surface area contributed by atoms with E-state index in [2.05, 4.69) is 6.92 Å². The van der Waals surface area contributed by atoms with Gasteiger partial charge in [0.25, 0.3) is 0 Å². The normalized spacial score (nSPS) is 17.3. The molecule has 0 spiro atoms. The van der Waals surface area contributed by atoms with Crippen LogP contribution in [0.1, 0.15) is 39.5 Å². The molecule has 0 saturated carbocycles. The summed E-state index contributed by atoms with van der Waals surface area (Å²) in [4.78, 5) is 0. The zero-order valence-corrected chi connectivity index (χ0v) is 6.91. The second kappa shape index (κ2) is 4.13. The fourth-order valence-corrected chi connectivity index (χ4v) is 0.758. The number of unbranched alkanes of at least 4 members (excludes halogenated alkanes) is 1. The fourth-order valence-electron chi connectivity index (χ4n) is 0.624. The summed E-state index contributed by atoms with van der Waals surface area (Å²) in [7, 11) is 0. The van der Waals surface area contributed by atoms with Crippen molar-refractivity contribution in [1.29, 1.82) is 0 Å². The second-order valence-electron chi connectivity index (χ2n) is 2.38. The minimum absolute atomic E-state index is 0.633. The predicted octanol–water partition coefficient (Wildman–Crippen LogP) is 2.51. The van der Waals surface area contributed by atoms with E-state index in [4.69, 9.17) is 11.6 Å². The van der Waals surface area contributed by atoms with E-state index in [9.17, 15) is 5.11 Å². The molecule has 0 aromatic rings. The van der Waals surface area contributed by atoms with Gasteiger partial charge in [0.15, 0.2) is 0 Å². The Morgan fingerprint density at radius 1 is 1.44 bits per heavy atom. The first-order chi connectivity index (χ1) is 4.12. The Bertz CT molecular complexity index is 71.3. The SMILES string of the molecule is CCCCC(O)(Cl)CC. The minimum atomic E-state index is -0.935. The third-order valence-electron chi connectivity index (χ3n) is 1.46. The average Bonchev–Trinajstić information content (AvgIpc) is 1.84. The van der Waals surface area contributed by atoms with Crippen LogP contribution in [-0.2, 0) is 0 Å². The van der Waals surface area contributed by atoms with Crippen molar-refractivity contribution in [2.24, 2.45) is 0 Å². The number of aliphatic hydroxyl groups is 1. The standard InChI is InChI=1S/C7H15ClO/c1-3-5-6-7(8,9)4-2/h9H,3-6H2,1-2H3. The van der Waals surface area contributed by atoms with Gasteiger partial charge in [-0.1, -0.05) is 31.9 Å². The largest absolute Gasteiger partial charge is 0.375 e. The maximum atomic E-state index is 9.22. The van der Waals surface area contributed by atoms with Crippen LogP contribution < -0.4 is 0 Å². The quantitative estimate of drug-likeness (QED) is 0.611. The zero-order chi connectivity index (χ0) is 7.33. The Labute approximate surface area is 62.0 Å². The molecule has 2 heteroatoms. The first-order valence-electron chi connectivity index (χ1n) is 3.53. The van der Waals surface area contributed by atoms with Crippen LogP contribution in [0, 0.1) is 0 Å². The molecule has 0 aromatic heterocycles. The van der Waals surface area contributed by atoms with Crippen molar-refractivity contribution in [3.05, 3.63) is 0 Å². The van der Waals surface area contributed by atoms with Crippen LogP contribution >= 0.6 is 11.6 Å². The Morgan fingerprint density at radius 3 is 2.33 bits per heavy atom. The first kappa shape index (κ1) is 9.25. The Morgan fingerprint density at radius 2 is 2.00 bits per heavy atom. The molecule has 0 rings (SSSR count). The number of hydrogen-bond acceptors (Lipinski definition) is 1. The Balaban J connectivity index is 3.33. The lowest BCUT2D eigenvalue weighted by Gasteiger charge is -2.17. The number of rotatable bonds is 4. The van der Waals surface area contributed by atoms with Gasteiger partial charge in [0, 0.05) is 0 Å². The summed E-state index contributed by atoms with van der Waals surface area (Å²) in [6.07, 6.45) is 3.44. The van der Waals surface area contributed by atoms with E-state index in [1.54, 1.807) is 0 Å². The van der Waals surface area contributed by atoms with Gasteiger partial charge in [-0.3, -0.25) is 0 Å². The molecular formula is C7H15ClO. The summed E-state index contributed by atoms with van der Waals surface area (Å²) in [6.45, 7) is 3.98. The molecule has 0 saturated heterocycles. The number of hydrogen-bond donors (Lipinski definition) is 1. The molecule has 0 heterocycles. The smallest absolute Gasteiger partial charge is 0.138 e. The molecule has 0 aromatic carbocycles. The Kier molecular flexibility index (Phi) is 4.24. The van der Waals surface area contributed by atoms with Gasteiger partial charge in [0.1, 0.15) is 5.06 Å². The zero-order valence-electron chi connectivity index (χ0n) is 6.15. The third kappa shape index (κ3) is 4.73. The molecule has 1 N–H and O–H groups in total. The maximum Gasteiger partial charge on any atom is 0.138 e. The first-order valence-corrected chi connectivity index (χ1v) is 3.91. The van der Waals surface area contributed by atoms with E-state index in [1.165, 1.54) is 0 Å². The van der Waals surface area contributed by atoms with Crippen LogP contribution in [0.4, 0.5) is 0 Å². The monoisotopic (exact) mass is 150 g/mol. The van der Waals surface area contributed by atoms with Crippen LogP contribution in [0.2, 0.25) is 0 Å². The summed E-state index contributed by atoms with van der Waals surface area (Å²) in [5, 5.41) is 8.29. The van der Waals surface area contributed by atoms with Gasteiger partial charge in [0.2, 0.25) is 0 Å². The van der Waals surface area contributed by atoms with Crippen LogP contribution in [0.3, 0.4) is 0 Å². The molecule has 0 amide bonds. The number of halogens is 1. The molecule has 0 bridgehead atoms. The molecular weight excluding hydrogens is 136 g/mol. The Hall–Kier alpha value is 0.250. The molecule has 1 unspecified atom stereocenters. The molecule has 1 atom stereocenters. The topological polar surface area (TPSA) is 20.2 Å². The van der Waals surface area contributed by atoms with Crippen LogP contribution in [-0.4, -0.2) is 10.2 Å². The molecule has 0 fully saturated rings. The summed E-state index contributed by atoms with van der Waals surface area (Å²) in [5.41, 5.74) is 0. The van der Waals surface area contributed by atoms with Crippen molar-refractivity contribution in [2.45, 2.75) is 44.6 Å². The summed E-state index contributed by atoms with van der Waals surface area (Å²) in [6, 6.07) is 0. The minimum Gasteiger partial charge on any atom is -0.375 e. The molecule has 0 aliphatic rings. The van der Waals surface area contributed by atoms with Crippen molar-refractivity contribution in [3.8, 4) is 0 Å². The fraction of sp³-hybridized carbons (Fsp3) is 1.00. The van der Waals surface area contributed by atoms with Crippen LogP contribution in [0.15, 0.2) is 0 Å². The van der Waals surface area contributed by atoms with Gasteiger partial charge in [-0.15, -0.1) is 0 Å². The van der Waals surface area contributed by atoms with E-state index in [-0.39, 0.29) is 0 Å². The van der Waals surface area contributed by atoms with Gasteiger partial charge in [0.05, 0.1) is 0 Å². The molecule has 9 heavy (non-hydrogen) atoms. The highest BCUT2D eigenvalue weighted by Gasteiger charge is 2.18.